The number of nitrogens with zero attached hydrogens (tertiary/aromatic N) is 2. The summed E-state index contributed by atoms with van der Waals surface area (Å²) >= 11 is 5.98. The van der Waals surface area contributed by atoms with Crippen LogP contribution in [0.1, 0.15) is 43.4 Å². The number of nitrogens with two attached hydrogens (primary N) is 1. The maximum Gasteiger partial charge on any atom is 0.113 e. The minimum absolute atomic E-state index is 0.0537. The van der Waals surface area contributed by atoms with Gasteiger partial charge in [0.2, 0.25) is 0 Å². The normalized spacial score (nSPS) is 15.8. The van der Waals surface area contributed by atoms with Crippen LogP contribution in [0.3, 0.4) is 0 Å². The first-order valence-corrected chi connectivity index (χ1v) is 12.6. The minimum Gasteiger partial charge on any atom is -0.347 e. The number of hydrogen-bond donors (Lipinski definition) is 1. The number of benzene rings is 2. The van der Waals surface area contributed by atoms with Gasteiger partial charge in [0.05, 0.1) is 0 Å². The largest absolute Gasteiger partial charge is 0.347 e. The molecule has 170 valence electrons. The van der Waals surface area contributed by atoms with Crippen molar-refractivity contribution in [1.82, 2.24) is 9.55 Å². The summed E-state index contributed by atoms with van der Waals surface area (Å²) in [6, 6.07) is 20.4. The average Bonchev–Trinajstić information content (AvgIpc) is 3.78. The fraction of sp³-hybridized carbons (Fsp3) is 0.300. The second-order valence-corrected chi connectivity index (χ2v) is 10.3. The van der Waals surface area contributed by atoms with E-state index in [1.54, 1.807) is 0 Å². The van der Waals surface area contributed by atoms with Gasteiger partial charge >= 0.3 is 0 Å². The van der Waals surface area contributed by atoms with Gasteiger partial charge in [-0.15, -0.1) is 0 Å². The summed E-state index contributed by atoms with van der Waals surface area (Å²) in [7, 11) is 0. The van der Waals surface area contributed by atoms with E-state index in [1.807, 2.05) is 42.6 Å². The molecule has 4 heteroatoms. The standard InChI is InChI=1S/C30H28ClN3/c31-27-10-3-22(4-11-27)24-5-13-28(33-20-24)12-1-21-2-14-29-23(19-21)15-17-34(29)18-16-30(32,25-6-7-25)26-8-9-26/h2-5,10-11,13-15,17,19-20,25-26H,6-9,16,18,32H2. The number of pyridine rings is 1. The second-order valence-electron chi connectivity index (χ2n) is 9.88. The van der Waals surface area contributed by atoms with Crippen molar-refractivity contribution in [2.75, 3.05) is 0 Å². The van der Waals surface area contributed by atoms with Gasteiger partial charge in [0, 0.05) is 51.5 Å². The fourth-order valence-corrected chi connectivity index (χ4v) is 5.31. The van der Waals surface area contributed by atoms with Gasteiger partial charge in [0.1, 0.15) is 5.69 Å². The Morgan fingerprint density at radius 3 is 2.32 bits per heavy atom. The van der Waals surface area contributed by atoms with Crippen LogP contribution >= 0.6 is 11.6 Å². The number of fused-ring (bicyclic) bond motifs is 1. The van der Waals surface area contributed by atoms with Gasteiger partial charge in [-0.2, -0.15) is 0 Å². The third-order valence-corrected chi connectivity index (χ3v) is 7.76. The molecule has 2 aliphatic rings. The van der Waals surface area contributed by atoms with E-state index in [9.17, 15) is 0 Å². The van der Waals surface area contributed by atoms with Gasteiger partial charge in [-0.3, -0.25) is 0 Å². The molecule has 4 aromatic rings. The van der Waals surface area contributed by atoms with E-state index in [1.165, 1.54) is 36.6 Å². The zero-order valence-corrected chi connectivity index (χ0v) is 19.9. The number of halogens is 1. The van der Waals surface area contributed by atoms with Crippen molar-refractivity contribution < 1.29 is 0 Å². The van der Waals surface area contributed by atoms with Crippen molar-refractivity contribution in [2.45, 2.75) is 44.2 Å². The van der Waals surface area contributed by atoms with Crippen molar-refractivity contribution in [3.05, 3.63) is 89.3 Å². The van der Waals surface area contributed by atoms with Crippen LogP contribution < -0.4 is 5.73 Å². The highest BCUT2D eigenvalue weighted by Gasteiger charge is 2.51. The van der Waals surface area contributed by atoms with Crippen molar-refractivity contribution >= 4 is 22.5 Å². The summed E-state index contributed by atoms with van der Waals surface area (Å²) < 4.78 is 2.36. The molecule has 3 nitrogen and oxygen atoms in total. The Balaban J connectivity index is 1.16. The molecule has 0 unspecified atom stereocenters. The molecule has 0 bridgehead atoms. The molecule has 2 aromatic heterocycles. The molecule has 2 aromatic carbocycles. The second kappa shape index (κ2) is 8.62. The van der Waals surface area contributed by atoms with Gasteiger partial charge in [-0.25, -0.2) is 4.98 Å². The SMILES string of the molecule is NC(CCn1ccc2cc(C#Cc3ccc(-c4ccc(Cl)cc4)cn3)ccc21)(C1CC1)C1CC1. The van der Waals surface area contributed by atoms with Crippen LogP contribution in [-0.4, -0.2) is 15.1 Å². The molecule has 34 heavy (non-hydrogen) atoms. The van der Waals surface area contributed by atoms with Crippen molar-refractivity contribution in [1.29, 1.82) is 0 Å². The maximum absolute atomic E-state index is 6.89. The maximum atomic E-state index is 6.89. The Bertz CT molecular complexity index is 1370. The molecule has 2 N–H and O–H groups in total. The average molecular weight is 466 g/mol. The summed E-state index contributed by atoms with van der Waals surface area (Å²) in [6.45, 7) is 0.988. The zero-order chi connectivity index (χ0) is 23.1. The highest BCUT2D eigenvalue weighted by molar-refractivity contribution is 6.30. The lowest BCUT2D eigenvalue weighted by molar-refractivity contribution is 0.284. The molecule has 0 saturated heterocycles. The predicted molar refractivity (Wildman–Crippen MR) is 140 cm³/mol. The summed E-state index contributed by atoms with van der Waals surface area (Å²) in [5.74, 6) is 7.97. The molecule has 6 rings (SSSR count). The molecule has 0 aliphatic heterocycles. The van der Waals surface area contributed by atoms with Crippen LogP contribution in [0.15, 0.2) is 73.1 Å². The van der Waals surface area contributed by atoms with E-state index in [-0.39, 0.29) is 5.54 Å². The van der Waals surface area contributed by atoms with E-state index in [0.29, 0.717) is 0 Å². The summed E-state index contributed by atoms with van der Waals surface area (Å²) in [6.07, 6.45) is 10.4. The van der Waals surface area contributed by atoms with Gasteiger partial charge < -0.3 is 10.3 Å². The molecule has 2 saturated carbocycles. The van der Waals surface area contributed by atoms with Crippen LogP contribution in [-0.2, 0) is 6.54 Å². The molecule has 2 fully saturated rings. The molecule has 0 spiro atoms. The van der Waals surface area contributed by atoms with Crippen LogP contribution in [0.4, 0.5) is 0 Å². The van der Waals surface area contributed by atoms with Crippen LogP contribution in [0.2, 0.25) is 5.02 Å². The Morgan fingerprint density at radius 2 is 1.65 bits per heavy atom. The molecule has 0 radical (unpaired) electrons. The van der Waals surface area contributed by atoms with Gasteiger partial charge in [0.25, 0.3) is 0 Å². The molecular formula is C30H28ClN3. The Morgan fingerprint density at radius 1 is 0.912 bits per heavy atom. The van der Waals surface area contributed by atoms with Gasteiger partial charge in [0.15, 0.2) is 0 Å². The van der Waals surface area contributed by atoms with Crippen LogP contribution in [0, 0.1) is 23.7 Å². The van der Waals surface area contributed by atoms with E-state index >= 15 is 0 Å². The van der Waals surface area contributed by atoms with E-state index < -0.39 is 0 Å². The molecule has 0 atom stereocenters. The van der Waals surface area contributed by atoms with Crippen molar-refractivity contribution in [3.8, 4) is 23.0 Å². The minimum atomic E-state index is 0.0537. The summed E-state index contributed by atoms with van der Waals surface area (Å²) in [4.78, 5) is 4.52. The van der Waals surface area contributed by atoms with Crippen LogP contribution in [0.25, 0.3) is 22.0 Å². The Hall–Kier alpha value is -3.06. The summed E-state index contributed by atoms with van der Waals surface area (Å²) in [5.41, 5.74) is 12.1. The highest BCUT2D eigenvalue weighted by Crippen LogP contribution is 2.52. The smallest absolute Gasteiger partial charge is 0.113 e. The first kappa shape index (κ1) is 21.5. The quantitative estimate of drug-likeness (QED) is 0.323. The van der Waals surface area contributed by atoms with Crippen LogP contribution in [0.5, 0.6) is 0 Å². The number of aryl methyl sites for hydroxylation is 1. The lowest BCUT2D eigenvalue weighted by Gasteiger charge is -2.30. The molecule has 2 heterocycles. The predicted octanol–water partition coefficient (Wildman–Crippen LogP) is 6.66. The fourth-order valence-electron chi connectivity index (χ4n) is 5.19. The Kier molecular flexibility index (Phi) is 5.44. The van der Waals surface area contributed by atoms with Crippen molar-refractivity contribution in [3.63, 3.8) is 0 Å². The first-order chi connectivity index (χ1) is 16.6. The Labute approximate surface area is 206 Å². The van der Waals surface area contributed by atoms with Gasteiger partial charge in [-0.05, 0) is 97.9 Å². The summed E-state index contributed by atoms with van der Waals surface area (Å²) in [5, 5.41) is 1.95. The lowest BCUT2D eigenvalue weighted by atomic mass is 9.85. The topological polar surface area (TPSA) is 43.8 Å². The number of rotatable bonds is 6. The molecule has 0 amide bonds. The third-order valence-electron chi connectivity index (χ3n) is 7.51. The van der Waals surface area contributed by atoms with E-state index in [0.717, 1.165) is 52.2 Å². The molecule has 2 aliphatic carbocycles. The third kappa shape index (κ3) is 4.37. The van der Waals surface area contributed by atoms with Crippen molar-refractivity contribution in [2.24, 2.45) is 17.6 Å². The van der Waals surface area contributed by atoms with E-state index in [4.69, 9.17) is 17.3 Å². The first-order valence-electron chi connectivity index (χ1n) is 12.2. The van der Waals surface area contributed by atoms with E-state index in [2.05, 4.69) is 51.9 Å². The zero-order valence-electron chi connectivity index (χ0n) is 19.2. The monoisotopic (exact) mass is 465 g/mol. The number of hydrogen-bond acceptors (Lipinski definition) is 2. The number of aromatic nitrogens is 2. The lowest BCUT2D eigenvalue weighted by Crippen LogP contribution is -2.45. The molecular weight excluding hydrogens is 438 g/mol. The highest BCUT2D eigenvalue weighted by atomic mass is 35.5. The van der Waals surface area contributed by atoms with Gasteiger partial charge in [-0.1, -0.05) is 35.7 Å².